The second-order valence-electron chi connectivity index (χ2n) is 4.69. The molecule has 0 fully saturated rings. The van der Waals surface area contributed by atoms with Crippen molar-refractivity contribution >= 4 is 11.9 Å². The van der Waals surface area contributed by atoms with Crippen LogP contribution < -0.4 is 15.4 Å². The Hall–Kier alpha value is -2.24. The number of hydrogen-bond donors (Lipinski definition) is 2. The zero-order valence-corrected chi connectivity index (χ0v) is 11.8. The molecule has 0 aliphatic carbocycles. The minimum absolute atomic E-state index is 0.219. The Morgan fingerprint density at radius 1 is 1.40 bits per heavy atom. The maximum atomic E-state index is 5.48. The van der Waals surface area contributed by atoms with E-state index in [0.717, 1.165) is 24.7 Å². The molecule has 2 heterocycles. The second-order valence-corrected chi connectivity index (χ2v) is 4.69. The summed E-state index contributed by atoms with van der Waals surface area (Å²) < 4.78 is 7.43. The van der Waals surface area contributed by atoms with Gasteiger partial charge in [-0.25, -0.2) is 4.68 Å². The molecule has 2 aromatic rings. The number of ether oxygens (including phenoxy) is 1. The Kier molecular flexibility index (Phi) is 3.45. The van der Waals surface area contributed by atoms with Crippen molar-refractivity contribution in [1.29, 1.82) is 0 Å². The van der Waals surface area contributed by atoms with Crippen LogP contribution in [0.1, 0.15) is 24.9 Å². The van der Waals surface area contributed by atoms with Crippen LogP contribution in [0.15, 0.2) is 24.3 Å². The summed E-state index contributed by atoms with van der Waals surface area (Å²) in [5.41, 5.74) is 1.23. The minimum atomic E-state index is 0.219. The van der Waals surface area contributed by atoms with Gasteiger partial charge in [-0.2, -0.15) is 4.98 Å². The van der Waals surface area contributed by atoms with Gasteiger partial charge in [0.25, 0.3) is 0 Å². The SMILES string of the molecule is CCOc1ccc(C2CCNc3nc(NC)nn32)cc1. The van der Waals surface area contributed by atoms with E-state index in [1.807, 2.05) is 30.8 Å². The van der Waals surface area contributed by atoms with E-state index in [1.165, 1.54) is 5.56 Å². The largest absolute Gasteiger partial charge is 0.494 e. The van der Waals surface area contributed by atoms with E-state index < -0.39 is 0 Å². The summed E-state index contributed by atoms with van der Waals surface area (Å²) >= 11 is 0. The average molecular weight is 273 g/mol. The standard InChI is InChI=1S/C14H19N5O/c1-3-20-11-6-4-10(5-7-11)12-8-9-16-14-17-13(15-2)18-19(12)14/h4-7,12H,3,8-9H2,1-2H3,(H2,15,16,17,18). The molecule has 2 N–H and O–H groups in total. The molecule has 1 aliphatic heterocycles. The van der Waals surface area contributed by atoms with Crippen LogP contribution in [0.3, 0.4) is 0 Å². The second kappa shape index (κ2) is 5.40. The minimum Gasteiger partial charge on any atom is -0.494 e. The van der Waals surface area contributed by atoms with E-state index in [1.54, 1.807) is 0 Å². The van der Waals surface area contributed by atoms with Crippen LogP contribution in [-0.2, 0) is 0 Å². The lowest BCUT2D eigenvalue weighted by Crippen LogP contribution is -2.24. The number of benzene rings is 1. The number of aromatic nitrogens is 3. The first kappa shape index (κ1) is 12.8. The molecule has 1 atom stereocenters. The molecular weight excluding hydrogens is 254 g/mol. The predicted octanol–water partition coefficient (Wildman–Crippen LogP) is 2.12. The molecule has 6 nitrogen and oxygen atoms in total. The molecule has 1 aromatic heterocycles. The van der Waals surface area contributed by atoms with E-state index in [4.69, 9.17) is 4.74 Å². The third-order valence-corrected chi connectivity index (χ3v) is 3.43. The van der Waals surface area contributed by atoms with Gasteiger partial charge in [0.2, 0.25) is 11.9 Å². The first-order chi connectivity index (χ1) is 9.81. The van der Waals surface area contributed by atoms with E-state index in [9.17, 15) is 0 Å². The number of nitrogens with zero attached hydrogens (tertiary/aromatic N) is 3. The molecule has 0 saturated heterocycles. The fraction of sp³-hybridized carbons (Fsp3) is 0.429. The molecule has 3 rings (SSSR count). The molecule has 20 heavy (non-hydrogen) atoms. The van der Waals surface area contributed by atoms with Gasteiger partial charge >= 0.3 is 0 Å². The highest BCUT2D eigenvalue weighted by atomic mass is 16.5. The lowest BCUT2D eigenvalue weighted by Gasteiger charge is -2.24. The highest BCUT2D eigenvalue weighted by molar-refractivity contribution is 5.39. The van der Waals surface area contributed by atoms with Crippen LogP contribution in [0.5, 0.6) is 5.75 Å². The van der Waals surface area contributed by atoms with Gasteiger partial charge in [0, 0.05) is 13.6 Å². The van der Waals surface area contributed by atoms with E-state index in [-0.39, 0.29) is 6.04 Å². The van der Waals surface area contributed by atoms with Crippen molar-refractivity contribution in [3.8, 4) is 5.75 Å². The highest BCUT2D eigenvalue weighted by Crippen LogP contribution is 2.30. The van der Waals surface area contributed by atoms with Crippen LogP contribution in [0.25, 0.3) is 0 Å². The molecule has 0 bridgehead atoms. The van der Waals surface area contributed by atoms with Gasteiger partial charge in [-0.15, -0.1) is 5.10 Å². The van der Waals surface area contributed by atoms with Crippen LogP contribution in [0.2, 0.25) is 0 Å². The molecule has 6 heteroatoms. The Bertz CT molecular complexity index is 578. The van der Waals surface area contributed by atoms with Crippen molar-refractivity contribution in [3.63, 3.8) is 0 Å². The molecule has 1 aromatic carbocycles. The smallest absolute Gasteiger partial charge is 0.243 e. The van der Waals surface area contributed by atoms with Gasteiger partial charge in [0.15, 0.2) is 0 Å². The van der Waals surface area contributed by atoms with E-state index >= 15 is 0 Å². The first-order valence-corrected chi connectivity index (χ1v) is 6.92. The summed E-state index contributed by atoms with van der Waals surface area (Å²) in [6.07, 6.45) is 0.994. The van der Waals surface area contributed by atoms with Gasteiger partial charge in [0.05, 0.1) is 12.6 Å². The Morgan fingerprint density at radius 3 is 2.90 bits per heavy atom. The first-order valence-electron chi connectivity index (χ1n) is 6.92. The van der Waals surface area contributed by atoms with Crippen molar-refractivity contribution in [3.05, 3.63) is 29.8 Å². The molecule has 0 amide bonds. The Morgan fingerprint density at radius 2 is 2.20 bits per heavy atom. The summed E-state index contributed by atoms with van der Waals surface area (Å²) in [5.74, 6) is 2.37. The van der Waals surface area contributed by atoms with Crippen molar-refractivity contribution in [2.45, 2.75) is 19.4 Å². The normalized spacial score (nSPS) is 17.2. The predicted molar refractivity (Wildman–Crippen MR) is 78.4 cm³/mol. The summed E-state index contributed by atoms with van der Waals surface area (Å²) in [6, 6.07) is 8.45. The van der Waals surface area contributed by atoms with Gasteiger partial charge in [-0.05, 0) is 31.0 Å². The van der Waals surface area contributed by atoms with Gasteiger partial charge in [-0.1, -0.05) is 12.1 Å². The van der Waals surface area contributed by atoms with Crippen LogP contribution in [-0.4, -0.2) is 35.0 Å². The summed E-state index contributed by atoms with van der Waals surface area (Å²) in [7, 11) is 1.83. The number of fused-ring (bicyclic) bond motifs is 1. The zero-order chi connectivity index (χ0) is 13.9. The summed E-state index contributed by atoms with van der Waals surface area (Å²) in [5, 5.41) is 10.7. The number of hydrogen-bond acceptors (Lipinski definition) is 5. The lowest BCUT2D eigenvalue weighted by atomic mass is 10.0. The summed E-state index contributed by atoms with van der Waals surface area (Å²) in [6.45, 7) is 3.58. The van der Waals surface area contributed by atoms with E-state index in [0.29, 0.717) is 12.6 Å². The van der Waals surface area contributed by atoms with Crippen molar-refractivity contribution in [2.24, 2.45) is 0 Å². The van der Waals surface area contributed by atoms with Gasteiger partial charge in [0.1, 0.15) is 5.75 Å². The van der Waals surface area contributed by atoms with Crippen molar-refractivity contribution in [2.75, 3.05) is 30.8 Å². The van der Waals surface area contributed by atoms with E-state index in [2.05, 4.69) is 32.8 Å². The van der Waals surface area contributed by atoms with Crippen molar-refractivity contribution in [1.82, 2.24) is 14.8 Å². The highest BCUT2D eigenvalue weighted by Gasteiger charge is 2.24. The molecule has 0 saturated carbocycles. The topological polar surface area (TPSA) is 64.0 Å². The fourth-order valence-corrected chi connectivity index (χ4v) is 2.47. The van der Waals surface area contributed by atoms with Gasteiger partial charge in [-0.3, -0.25) is 0 Å². The quantitative estimate of drug-likeness (QED) is 0.893. The summed E-state index contributed by atoms with van der Waals surface area (Å²) in [4.78, 5) is 4.40. The fourth-order valence-electron chi connectivity index (χ4n) is 2.47. The molecular formula is C14H19N5O. The maximum Gasteiger partial charge on any atom is 0.243 e. The average Bonchev–Trinajstić information content (AvgIpc) is 2.91. The van der Waals surface area contributed by atoms with Crippen LogP contribution in [0, 0.1) is 0 Å². The van der Waals surface area contributed by atoms with Gasteiger partial charge < -0.3 is 15.4 Å². The third-order valence-electron chi connectivity index (χ3n) is 3.43. The van der Waals surface area contributed by atoms with Crippen molar-refractivity contribution < 1.29 is 4.74 Å². The monoisotopic (exact) mass is 273 g/mol. The molecule has 1 unspecified atom stereocenters. The lowest BCUT2D eigenvalue weighted by molar-refractivity contribution is 0.340. The number of rotatable bonds is 4. The molecule has 0 radical (unpaired) electrons. The number of anilines is 2. The third kappa shape index (κ3) is 2.29. The number of nitrogens with one attached hydrogen (secondary N) is 2. The maximum absolute atomic E-state index is 5.48. The Balaban J connectivity index is 1.89. The molecule has 1 aliphatic rings. The zero-order valence-electron chi connectivity index (χ0n) is 11.8. The molecule has 0 spiro atoms. The molecule has 106 valence electrons. The van der Waals surface area contributed by atoms with Crippen LogP contribution >= 0.6 is 0 Å². The van der Waals surface area contributed by atoms with Crippen LogP contribution in [0.4, 0.5) is 11.9 Å². The Labute approximate surface area is 118 Å².